The highest BCUT2D eigenvalue weighted by Crippen LogP contribution is 2.11. The Labute approximate surface area is 439 Å². The van der Waals surface area contributed by atoms with Crippen LogP contribution in [0.25, 0.3) is 0 Å². The predicted molar refractivity (Wildman–Crippen MR) is 301 cm³/mol. The van der Waals surface area contributed by atoms with Gasteiger partial charge in [-0.25, -0.2) is 0 Å². The molecule has 0 aliphatic rings. The van der Waals surface area contributed by atoms with Crippen molar-refractivity contribution in [3.05, 3.63) is 0 Å². The highest BCUT2D eigenvalue weighted by molar-refractivity contribution is 6.00. The molecule has 0 aliphatic heterocycles. The molecule has 422 valence electrons. The number of nitrogens with zero attached hydrogens (tertiary/aromatic N) is 4. The molecule has 0 radical (unpaired) electrons. The third kappa shape index (κ3) is 51.6. The van der Waals surface area contributed by atoms with Gasteiger partial charge in [0.2, 0.25) is 11.8 Å². The van der Waals surface area contributed by atoms with Gasteiger partial charge in [-0.05, 0) is 66.5 Å². The lowest BCUT2D eigenvalue weighted by Crippen LogP contribution is -2.41. The molecular weight excluding hydrogens is 893 g/mol. The highest BCUT2D eigenvalue weighted by atomic mass is 16.2. The van der Waals surface area contributed by atoms with E-state index < -0.39 is 0 Å². The van der Waals surface area contributed by atoms with Gasteiger partial charge >= 0.3 is 0 Å². The van der Waals surface area contributed by atoms with Crippen molar-refractivity contribution in [3.8, 4) is 0 Å². The van der Waals surface area contributed by atoms with Crippen LogP contribution in [0.4, 0.5) is 0 Å². The standard InChI is InChI=1S/C11H24N2O.C11H20O2.C10H22N2O.C10H20O.C9H16O2.C8H16O/c1-9(2)11(14)13(6)8-7-12(5)10(3)4;1-8(2)10(12)6-5-7-11(13)9(3)4;1-8(2)10(13)12(6)7-11(5)9(3)4;1-8(2)6-5-7-10(11)9(3)4;1-6(2)8(10)5-9(11)7(3)4;1-6(2)5-8(9)7(3)4/h9-10H,7-8H2,1-6H3;8-9H,5-7H2,1-4H3;8-9H,7H2,1-6H3;8-9H,5-7H2,1-4H3;6-7H,5H2,1-4H3;6-7H,5H2,1-4H3. The number of carbonyl (C=O) groups excluding carboxylic acids is 8. The lowest BCUT2D eigenvalue weighted by molar-refractivity contribution is -0.135. The van der Waals surface area contributed by atoms with Gasteiger partial charge in [0.05, 0.1) is 13.1 Å². The Kier molecular flexibility index (Phi) is 50.8. The van der Waals surface area contributed by atoms with E-state index in [0.717, 1.165) is 38.3 Å². The predicted octanol–water partition coefficient (Wildman–Crippen LogP) is 12.6. The Morgan fingerprint density at radius 2 is 0.634 bits per heavy atom. The zero-order valence-electron chi connectivity index (χ0n) is 51.8. The first-order chi connectivity index (χ1) is 32.2. The molecule has 0 aromatic rings. The zero-order valence-corrected chi connectivity index (χ0v) is 51.8. The number of carbonyl (C=O) groups is 8. The van der Waals surface area contributed by atoms with Crippen LogP contribution >= 0.6 is 0 Å². The summed E-state index contributed by atoms with van der Waals surface area (Å²) in [4.78, 5) is 97.5. The van der Waals surface area contributed by atoms with Crippen molar-refractivity contribution >= 4 is 46.5 Å². The Hall–Kier alpha value is -3.12. The number of hydrogen-bond acceptors (Lipinski definition) is 10. The molecule has 0 saturated carbocycles. The molecule has 0 N–H and O–H groups in total. The summed E-state index contributed by atoms with van der Waals surface area (Å²) in [6, 6.07) is 1.01. The van der Waals surface area contributed by atoms with E-state index in [4.69, 9.17) is 0 Å². The third-order valence-electron chi connectivity index (χ3n) is 11.6. The van der Waals surface area contributed by atoms with Crippen molar-refractivity contribution in [3.63, 3.8) is 0 Å². The van der Waals surface area contributed by atoms with Crippen LogP contribution in [0.15, 0.2) is 0 Å². The van der Waals surface area contributed by atoms with Gasteiger partial charge in [0, 0.05) is 112 Å². The maximum atomic E-state index is 11.5. The normalized spacial score (nSPS) is 11.1. The summed E-state index contributed by atoms with van der Waals surface area (Å²) in [5, 5.41) is 0. The molecule has 0 heterocycles. The summed E-state index contributed by atoms with van der Waals surface area (Å²) in [5.41, 5.74) is 0. The third-order valence-corrected chi connectivity index (χ3v) is 11.6. The first-order valence-corrected chi connectivity index (χ1v) is 27.3. The van der Waals surface area contributed by atoms with Crippen molar-refractivity contribution in [2.75, 3.05) is 47.9 Å². The summed E-state index contributed by atoms with van der Waals surface area (Å²) in [5.74, 6) is 3.88. The molecule has 0 rings (SSSR count). The van der Waals surface area contributed by atoms with E-state index in [1.807, 2.05) is 137 Å². The second-order valence-electron chi connectivity index (χ2n) is 23.3. The Balaban J connectivity index is -0.000000179. The maximum absolute atomic E-state index is 11.5. The lowest BCUT2D eigenvalue weighted by atomic mass is 9.98. The molecule has 12 heteroatoms. The van der Waals surface area contributed by atoms with Gasteiger partial charge in [-0.3, -0.25) is 43.3 Å². The van der Waals surface area contributed by atoms with Crippen LogP contribution in [-0.2, 0) is 38.4 Å². The lowest BCUT2D eigenvalue weighted by Gasteiger charge is -2.28. The summed E-state index contributed by atoms with van der Waals surface area (Å²) < 4.78 is 0. The number of Topliss-reactive ketones (excluding diaryl/α,β-unsaturated/α-hetero) is 6. The summed E-state index contributed by atoms with van der Waals surface area (Å²) in [7, 11) is 7.82. The molecular formula is C59H118N4O8. The maximum Gasteiger partial charge on any atom is 0.225 e. The smallest absolute Gasteiger partial charge is 0.225 e. The fourth-order valence-electron chi connectivity index (χ4n) is 5.33. The minimum Gasteiger partial charge on any atom is -0.344 e. The van der Waals surface area contributed by atoms with Crippen LogP contribution in [0.1, 0.15) is 218 Å². The molecule has 2 amide bonds. The van der Waals surface area contributed by atoms with Crippen molar-refractivity contribution in [1.82, 2.24) is 19.6 Å². The van der Waals surface area contributed by atoms with E-state index in [2.05, 4.69) is 72.2 Å². The minimum atomic E-state index is -0.0160. The summed E-state index contributed by atoms with van der Waals surface area (Å²) in [6.45, 7) is 49.9. The second kappa shape index (κ2) is 45.5. The highest BCUT2D eigenvalue weighted by Gasteiger charge is 2.17. The van der Waals surface area contributed by atoms with E-state index in [1.54, 1.807) is 4.90 Å². The molecule has 0 fully saturated rings. The van der Waals surface area contributed by atoms with Crippen LogP contribution in [0.3, 0.4) is 0 Å². The number of ketones is 6. The molecule has 0 atom stereocenters. The average Bonchev–Trinajstić information content (AvgIpc) is 3.24. The number of rotatable bonds is 27. The van der Waals surface area contributed by atoms with Crippen LogP contribution in [-0.4, -0.2) is 126 Å². The molecule has 12 nitrogen and oxygen atoms in total. The Morgan fingerprint density at radius 3 is 0.887 bits per heavy atom. The van der Waals surface area contributed by atoms with Crippen LogP contribution in [0.5, 0.6) is 0 Å². The fourth-order valence-corrected chi connectivity index (χ4v) is 5.33. The molecule has 71 heavy (non-hydrogen) atoms. The van der Waals surface area contributed by atoms with Gasteiger partial charge in [-0.15, -0.1) is 0 Å². The quantitative estimate of drug-likeness (QED) is 0.0575. The SMILES string of the molecule is CC(C)C(=O)CC(=O)C(C)C.CC(C)C(=O)CCCC(=O)C(C)C.CC(C)C(=O)N(C)CCN(C)C(C)C.CC(C)C(=O)N(C)CN(C)C(C)C.CC(C)CC(=O)C(C)C.CC(C)CCCC(=O)C(C)C. The average molecular weight is 1010 g/mol. The van der Waals surface area contributed by atoms with E-state index in [9.17, 15) is 38.4 Å². The fraction of sp³-hybridized carbons (Fsp3) is 0.864. The van der Waals surface area contributed by atoms with Crippen LogP contribution in [0.2, 0.25) is 0 Å². The van der Waals surface area contributed by atoms with Gasteiger partial charge in [-0.1, -0.05) is 145 Å². The molecule has 0 aliphatic carbocycles. The Morgan fingerprint density at radius 1 is 0.324 bits per heavy atom. The van der Waals surface area contributed by atoms with Gasteiger partial charge in [0.15, 0.2) is 0 Å². The van der Waals surface area contributed by atoms with E-state index in [-0.39, 0.29) is 88.7 Å². The van der Waals surface area contributed by atoms with E-state index >= 15 is 0 Å². The number of amides is 2. The molecule has 0 aromatic carbocycles. The molecule has 0 aromatic heterocycles. The summed E-state index contributed by atoms with van der Waals surface area (Å²) in [6.07, 6.45) is 5.68. The number of hydrogen-bond donors (Lipinski definition) is 0. The van der Waals surface area contributed by atoms with Gasteiger partial charge in [-0.2, -0.15) is 0 Å². The van der Waals surface area contributed by atoms with Crippen molar-refractivity contribution in [2.24, 2.45) is 59.2 Å². The molecule has 0 spiro atoms. The van der Waals surface area contributed by atoms with E-state index in [0.29, 0.717) is 55.5 Å². The minimum absolute atomic E-state index is 0.0160. The molecule has 0 unspecified atom stereocenters. The summed E-state index contributed by atoms with van der Waals surface area (Å²) >= 11 is 0. The first-order valence-electron chi connectivity index (χ1n) is 27.3. The van der Waals surface area contributed by atoms with Gasteiger partial charge < -0.3 is 14.7 Å². The van der Waals surface area contributed by atoms with Crippen molar-refractivity contribution < 1.29 is 38.4 Å². The van der Waals surface area contributed by atoms with Crippen molar-refractivity contribution in [2.45, 2.75) is 230 Å². The largest absolute Gasteiger partial charge is 0.344 e. The van der Waals surface area contributed by atoms with Gasteiger partial charge in [0.25, 0.3) is 0 Å². The zero-order chi connectivity index (χ0) is 57.6. The number of likely N-dealkylation sites (N-methyl/N-ethyl adjacent to an activating group) is 2. The molecule has 0 bridgehead atoms. The van der Waals surface area contributed by atoms with Crippen LogP contribution in [0, 0.1) is 59.2 Å². The second-order valence-corrected chi connectivity index (χ2v) is 23.3. The first kappa shape index (κ1) is 79.3. The topological polar surface area (TPSA) is 150 Å². The van der Waals surface area contributed by atoms with E-state index in [1.165, 1.54) is 6.42 Å². The Bertz CT molecular complexity index is 1410. The molecule has 0 saturated heterocycles. The van der Waals surface area contributed by atoms with Crippen molar-refractivity contribution in [1.29, 1.82) is 0 Å². The monoisotopic (exact) mass is 1010 g/mol. The van der Waals surface area contributed by atoms with Crippen LogP contribution < -0.4 is 0 Å². The van der Waals surface area contributed by atoms with Gasteiger partial charge in [0.1, 0.15) is 34.7 Å².